The molecule has 0 spiro atoms. The number of ketones is 1. The molecule has 0 radical (unpaired) electrons. The molecule has 0 aliphatic rings. The molecule has 0 saturated heterocycles. The summed E-state index contributed by atoms with van der Waals surface area (Å²) in [4.78, 5) is 22.8. The van der Waals surface area contributed by atoms with Gasteiger partial charge in [-0.1, -0.05) is 18.2 Å². The van der Waals surface area contributed by atoms with Crippen LogP contribution >= 0.6 is 0 Å². The fraction of sp³-hybridized carbons (Fsp3) is 0.0588. The zero-order valence-electron chi connectivity index (χ0n) is 12.1. The van der Waals surface area contributed by atoms with Gasteiger partial charge < -0.3 is 14.9 Å². The summed E-state index contributed by atoms with van der Waals surface area (Å²) in [6.07, 6.45) is 2.61. The molecule has 0 bridgehead atoms. The van der Waals surface area contributed by atoms with Crippen molar-refractivity contribution in [1.82, 2.24) is 0 Å². The van der Waals surface area contributed by atoms with Gasteiger partial charge in [-0.2, -0.15) is 8.78 Å². The van der Waals surface area contributed by atoms with Crippen molar-refractivity contribution in [3.63, 3.8) is 0 Å². The molecule has 2 aromatic carbocycles. The summed E-state index contributed by atoms with van der Waals surface area (Å²) >= 11 is 0. The predicted octanol–water partition coefficient (Wildman–Crippen LogP) is 3.59. The molecule has 5 nitrogen and oxygen atoms in total. The van der Waals surface area contributed by atoms with Crippen molar-refractivity contribution in [3.05, 3.63) is 65.2 Å². The van der Waals surface area contributed by atoms with Gasteiger partial charge >= 0.3 is 12.6 Å². The second kappa shape index (κ2) is 7.36. The third-order valence-electron chi connectivity index (χ3n) is 3.04. The number of phenolic OH excluding ortho intramolecular Hbond substituents is 1. The Morgan fingerprint density at radius 2 is 1.75 bits per heavy atom. The number of carboxylic acids is 1. The van der Waals surface area contributed by atoms with Crippen LogP contribution in [0.2, 0.25) is 0 Å². The van der Waals surface area contributed by atoms with Crippen molar-refractivity contribution < 1.29 is 33.3 Å². The normalized spacial score (nSPS) is 11.0. The second-order valence-corrected chi connectivity index (χ2v) is 4.68. The zero-order valence-corrected chi connectivity index (χ0v) is 12.1. The van der Waals surface area contributed by atoms with Gasteiger partial charge in [0.05, 0.1) is 11.1 Å². The Balaban J connectivity index is 2.11. The van der Waals surface area contributed by atoms with Gasteiger partial charge in [-0.05, 0) is 42.0 Å². The second-order valence-electron chi connectivity index (χ2n) is 4.68. The minimum Gasteiger partial charge on any atom is -0.507 e. The van der Waals surface area contributed by atoms with Crippen LogP contribution in [0.1, 0.15) is 26.3 Å². The smallest absolute Gasteiger partial charge is 0.387 e. The molecule has 0 aliphatic heterocycles. The Kier molecular flexibility index (Phi) is 5.26. The number of benzene rings is 2. The number of hydrogen-bond donors (Lipinski definition) is 2. The maximum atomic E-state index is 12.0. The Morgan fingerprint density at radius 3 is 2.29 bits per heavy atom. The van der Waals surface area contributed by atoms with Crippen LogP contribution in [0.5, 0.6) is 11.5 Å². The van der Waals surface area contributed by atoms with Gasteiger partial charge in [0.1, 0.15) is 11.5 Å². The van der Waals surface area contributed by atoms with Crippen molar-refractivity contribution in [3.8, 4) is 11.5 Å². The molecule has 2 aromatic rings. The molecule has 0 unspecified atom stereocenters. The molecule has 0 aromatic heterocycles. The lowest BCUT2D eigenvalue weighted by atomic mass is 10.1. The van der Waals surface area contributed by atoms with E-state index in [0.29, 0.717) is 5.56 Å². The van der Waals surface area contributed by atoms with E-state index in [4.69, 9.17) is 5.11 Å². The first-order chi connectivity index (χ1) is 11.4. The molecule has 2 rings (SSSR count). The van der Waals surface area contributed by atoms with Crippen molar-refractivity contribution in [2.45, 2.75) is 6.61 Å². The van der Waals surface area contributed by atoms with Crippen LogP contribution in [0.4, 0.5) is 8.78 Å². The number of hydrogen-bond acceptors (Lipinski definition) is 4. The average molecular weight is 334 g/mol. The highest BCUT2D eigenvalue weighted by Gasteiger charge is 2.12. The van der Waals surface area contributed by atoms with Gasteiger partial charge in [-0.3, -0.25) is 4.79 Å². The Morgan fingerprint density at radius 1 is 1.08 bits per heavy atom. The van der Waals surface area contributed by atoms with Gasteiger partial charge in [0.25, 0.3) is 0 Å². The number of halogens is 2. The molecule has 2 N–H and O–H groups in total. The molecule has 0 saturated carbocycles. The van der Waals surface area contributed by atoms with Crippen LogP contribution in [0.3, 0.4) is 0 Å². The van der Waals surface area contributed by atoms with Crippen LogP contribution in [-0.2, 0) is 0 Å². The van der Waals surface area contributed by atoms with Gasteiger partial charge in [-0.25, -0.2) is 4.79 Å². The van der Waals surface area contributed by atoms with Crippen LogP contribution in [0, 0.1) is 0 Å². The number of rotatable bonds is 6. The number of carbonyl (C=O) groups excluding carboxylic acids is 1. The summed E-state index contributed by atoms with van der Waals surface area (Å²) in [7, 11) is 0. The van der Waals surface area contributed by atoms with Crippen molar-refractivity contribution in [1.29, 1.82) is 0 Å². The minimum absolute atomic E-state index is 0.00428. The number of alkyl halides is 2. The molecule has 0 amide bonds. The summed E-state index contributed by atoms with van der Waals surface area (Å²) in [5.74, 6) is -2.19. The lowest BCUT2D eigenvalue weighted by Crippen LogP contribution is -2.01. The van der Waals surface area contributed by atoms with E-state index >= 15 is 0 Å². The Hall–Kier alpha value is -3.22. The van der Waals surface area contributed by atoms with E-state index in [1.807, 2.05) is 0 Å². The fourth-order valence-corrected chi connectivity index (χ4v) is 1.90. The molecule has 0 fully saturated rings. The SMILES string of the molecule is O=C(O)c1ccc(C(=O)/C=C/c2ccc(OC(F)F)cc2)c(O)c1. The number of aromatic hydroxyl groups is 1. The van der Waals surface area contributed by atoms with Crippen LogP contribution < -0.4 is 4.74 Å². The van der Waals surface area contributed by atoms with E-state index in [1.54, 1.807) is 0 Å². The van der Waals surface area contributed by atoms with E-state index in [1.165, 1.54) is 48.6 Å². The Bertz CT molecular complexity index is 782. The first-order valence-corrected chi connectivity index (χ1v) is 6.70. The predicted molar refractivity (Wildman–Crippen MR) is 81.5 cm³/mol. The van der Waals surface area contributed by atoms with Crippen LogP contribution in [0.25, 0.3) is 6.08 Å². The quantitative estimate of drug-likeness (QED) is 0.623. The number of ether oxygens (including phenoxy) is 1. The molecular formula is C17H12F2O5. The van der Waals surface area contributed by atoms with Gasteiger partial charge in [0.15, 0.2) is 5.78 Å². The van der Waals surface area contributed by atoms with E-state index in [9.17, 15) is 23.5 Å². The van der Waals surface area contributed by atoms with E-state index < -0.39 is 24.1 Å². The molecule has 0 heterocycles. The monoisotopic (exact) mass is 334 g/mol. The van der Waals surface area contributed by atoms with Crippen molar-refractivity contribution in [2.24, 2.45) is 0 Å². The summed E-state index contributed by atoms with van der Waals surface area (Å²) in [5, 5.41) is 18.5. The van der Waals surface area contributed by atoms with Crippen LogP contribution in [0.15, 0.2) is 48.5 Å². The van der Waals surface area contributed by atoms with Gasteiger partial charge in [0.2, 0.25) is 0 Å². The third kappa shape index (κ3) is 4.39. The minimum atomic E-state index is -2.91. The average Bonchev–Trinajstić information content (AvgIpc) is 2.53. The first kappa shape index (κ1) is 17.1. The molecule has 124 valence electrons. The number of carbonyl (C=O) groups is 2. The largest absolute Gasteiger partial charge is 0.507 e. The zero-order chi connectivity index (χ0) is 17.7. The number of aromatic carboxylic acids is 1. The highest BCUT2D eigenvalue weighted by molar-refractivity contribution is 6.09. The fourth-order valence-electron chi connectivity index (χ4n) is 1.90. The summed E-state index contributed by atoms with van der Waals surface area (Å²) in [6.45, 7) is -2.91. The summed E-state index contributed by atoms with van der Waals surface area (Å²) in [6, 6.07) is 9.03. The highest BCUT2D eigenvalue weighted by atomic mass is 19.3. The van der Waals surface area contributed by atoms with E-state index in [-0.39, 0.29) is 16.9 Å². The van der Waals surface area contributed by atoms with Gasteiger partial charge in [-0.15, -0.1) is 0 Å². The van der Waals surface area contributed by atoms with E-state index in [0.717, 1.165) is 6.07 Å². The van der Waals surface area contributed by atoms with Crippen molar-refractivity contribution >= 4 is 17.8 Å². The maximum absolute atomic E-state index is 12.0. The number of phenols is 1. The van der Waals surface area contributed by atoms with Crippen LogP contribution in [-0.4, -0.2) is 28.6 Å². The summed E-state index contributed by atoms with van der Waals surface area (Å²) < 4.78 is 28.3. The number of carboxylic acid groups (broad SMARTS) is 1. The third-order valence-corrected chi connectivity index (χ3v) is 3.04. The lowest BCUT2D eigenvalue weighted by molar-refractivity contribution is -0.0498. The molecular weight excluding hydrogens is 322 g/mol. The first-order valence-electron chi connectivity index (χ1n) is 6.70. The Labute approximate surface area is 135 Å². The molecule has 0 atom stereocenters. The number of allylic oxidation sites excluding steroid dienone is 1. The maximum Gasteiger partial charge on any atom is 0.387 e. The van der Waals surface area contributed by atoms with Crippen molar-refractivity contribution in [2.75, 3.05) is 0 Å². The standard InChI is InChI=1S/C17H12F2O5/c18-17(19)24-12-5-1-10(2-6-12)3-8-14(20)13-7-4-11(16(22)23)9-15(13)21/h1-9,17,21H,(H,22,23)/b8-3+. The van der Waals surface area contributed by atoms with E-state index in [2.05, 4.69) is 4.74 Å². The van der Waals surface area contributed by atoms with Gasteiger partial charge in [0, 0.05) is 0 Å². The molecule has 24 heavy (non-hydrogen) atoms. The summed E-state index contributed by atoms with van der Waals surface area (Å²) in [5.41, 5.74) is 0.378. The molecule has 7 heteroatoms. The highest BCUT2D eigenvalue weighted by Crippen LogP contribution is 2.21. The topological polar surface area (TPSA) is 83.8 Å². The molecule has 0 aliphatic carbocycles. The lowest BCUT2D eigenvalue weighted by Gasteiger charge is -2.04.